The van der Waals surface area contributed by atoms with Gasteiger partial charge in [-0.3, -0.25) is 10.1 Å². The van der Waals surface area contributed by atoms with Gasteiger partial charge in [0, 0.05) is 12.1 Å². The van der Waals surface area contributed by atoms with Crippen molar-refractivity contribution in [1.82, 2.24) is 0 Å². The smallest absolute Gasteiger partial charge is 0.272 e. The van der Waals surface area contributed by atoms with Crippen molar-refractivity contribution < 1.29 is 14.1 Å². The highest BCUT2D eigenvalue weighted by Crippen LogP contribution is 2.20. The van der Waals surface area contributed by atoms with Gasteiger partial charge in [-0.15, -0.1) is 0 Å². The Balaban J connectivity index is 2.07. The molecule has 0 amide bonds. The molecule has 0 saturated heterocycles. The standard InChI is InChI=1S/C15H15FN2O3/c1-10(17)12-2-4-15(5-3-12)21-9-11-6-13(16)8-14(7-11)18(19)20/h2-8,10H,9,17H2,1H3. The number of rotatable bonds is 5. The average Bonchev–Trinajstić information content (AvgIpc) is 2.45. The maximum Gasteiger partial charge on any atom is 0.272 e. The first-order valence-corrected chi connectivity index (χ1v) is 6.38. The first-order valence-electron chi connectivity index (χ1n) is 6.38. The zero-order chi connectivity index (χ0) is 15.4. The Morgan fingerprint density at radius 3 is 2.52 bits per heavy atom. The van der Waals surface area contributed by atoms with Crippen molar-refractivity contribution in [3.05, 3.63) is 69.5 Å². The van der Waals surface area contributed by atoms with Crippen molar-refractivity contribution in [2.45, 2.75) is 19.6 Å². The summed E-state index contributed by atoms with van der Waals surface area (Å²) in [5, 5.41) is 10.7. The number of nitrogens with two attached hydrogens (primary N) is 1. The van der Waals surface area contributed by atoms with Gasteiger partial charge in [-0.1, -0.05) is 12.1 Å². The van der Waals surface area contributed by atoms with Crippen LogP contribution in [0.1, 0.15) is 24.1 Å². The minimum Gasteiger partial charge on any atom is -0.489 e. The van der Waals surface area contributed by atoms with Crippen molar-refractivity contribution >= 4 is 5.69 Å². The molecule has 0 aliphatic carbocycles. The predicted octanol–water partition coefficient (Wildman–Crippen LogP) is 3.33. The quantitative estimate of drug-likeness (QED) is 0.676. The molecule has 1 atom stereocenters. The van der Waals surface area contributed by atoms with E-state index in [0.29, 0.717) is 11.3 Å². The number of non-ortho nitro benzene ring substituents is 1. The Labute approximate surface area is 121 Å². The van der Waals surface area contributed by atoms with Gasteiger partial charge in [-0.25, -0.2) is 4.39 Å². The van der Waals surface area contributed by atoms with E-state index in [-0.39, 0.29) is 18.3 Å². The van der Waals surface area contributed by atoms with E-state index in [9.17, 15) is 14.5 Å². The second-order valence-corrected chi connectivity index (χ2v) is 4.72. The Morgan fingerprint density at radius 1 is 1.29 bits per heavy atom. The van der Waals surface area contributed by atoms with Crippen LogP contribution in [0.25, 0.3) is 0 Å². The second-order valence-electron chi connectivity index (χ2n) is 4.72. The van der Waals surface area contributed by atoms with Gasteiger partial charge in [0.1, 0.15) is 18.2 Å². The zero-order valence-corrected chi connectivity index (χ0v) is 11.5. The van der Waals surface area contributed by atoms with Crippen LogP contribution in [0.5, 0.6) is 5.75 Å². The number of halogens is 1. The number of benzene rings is 2. The van der Waals surface area contributed by atoms with Crippen LogP contribution >= 0.6 is 0 Å². The number of nitro groups is 1. The van der Waals surface area contributed by atoms with Gasteiger partial charge in [0.15, 0.2) is 0 Å². The molecule has 0 heterocycles. The van der Waals surface area contributed by atoms with Crippen molar-refractivity contribution in [3.8, 4) is 5.75 Å². The summed E-state index contributed by atoms with van der Waals surface area (Å²) in [6.07, 6.45) is 0. The molecule has 6 heteroatoms. The molecule has 0 saturated carbocycles. The van der Waals surface area contributed by atoms with Crippen LogP contribution in [-0.2, 0) is 6.61 Å². The van der Waals surface area contributed by atoms with Crippen molar-refractivity contribution in [3.63, 3.8) is 0 Å². The molecule has 0 aliphatic heterocycles. The maximum absolute atomic E-state index is 13.3. The SMILES string of the molecule is CC(N)c1ccc(OCc2cc(F)cc([N+](=O)[O-])c2)cc1. The summed E-state index contributed by atoms with van der Waals surface area (Å²) in [5.74, 6) is -0.0681. The van der Waals surface area contributed by atoms with Gasteiger partial charge >= 0.3 is 0 Å². The summed E-state index contributed by atoms with van der Waals surface area (Å²) in [4.78, 5) is 10.0. The average molecular weight is 290 g/mol. The van der Waals surface area contributed by atoms with E-state index in [2.05, 4.69) is 0 Å². The molecule has 0 fully saturated rings. The Bertz CT molecular complexity index is 642. The van der Waals surface area contributed by atoms with Gasteiger partial charge in [0.25, 0.3) is 5.69 Å². The van der Waals surface area contributed by atoms with Crippen molar-refractivity contribution in [1.29, 1.82) is 0 Å². The topological polar surface area (TPSA) is 78.4 Å². The lowest BCUT2D eigenvalue weighted by Crippen LogP contribution is -2.04. The molecule has 2 rings (SSSR count). The normalized spacial score (nSPS) is 12.0. The lowest BCUT2D eigenvalue weighted by molar-refractivity contribution is -0.385. The number of nitro benzene ring substituents is 1. The molecule has 0 bridgehead atoms. The van der Waals surface area contributed by atoms with E-state index >= 15 is 0 Å². The fourth-order valence-electron chi connectivity index (χ4n) is 1.86. The highest BCUT2D eigenvalue weighted by atomic mass is 19.1. The molecule has 1 unspecified atom stereocenters. The summed E-state index contributed by atoms with van der Waals surface area (Å²) in [5.41, 5.74) is 6.83. The van der Waals surface area contributed by atoms with E-state index < -0.39 is 10.7 Å². The number of hydrogen-bond acceptors (Lipinski definition) is 4. The van der Waals surface area contributed by atoms with Gasteiger partial charge in [0.2, 0.25) is 0 Å². The van der Waals surface area contributed by atoms with E-state index in [1.165, 1.54) is 12.1 Å². The Kier molecular flexibility index (Phi) is 4.49. The van der Waals surface area contributed by atoms with Gasteiger partial charge < -0.3 is 10.5 Å². The molecule has 2 N–H and O–H groups in total. The van der Waals surface area contributed by atoms with E-state index in [0.717, 1.165) is 11.6 Å². The molecule has 0 aliphatic rings. The van der Waals surface area contributed by atoms with E-state index in [1.807, 2.05) is 19.1 Å². The van der Waals surface area contributed by atoms with Crippen LogP contribution in [0.15, 0.2) is 42.5 Å². The first-order chi connectivity index (χ1) is 9.95. The predicted molar refractivity (Wildman–Crippen MR) is 76.4 cm³/mol. The maximum atomic E-state index is 13.3. The van der Waals surface area contributed by atoms with Crippen LogP contribution in [0.4, 0.5) is 10.1 Å². The van der Waals surface area contributed by atoms with Gasteiger partial charge in [-0.05, 0) is 36.2 Å². The van der Waals surface area contributed by atoms with Crippen LogP contribution in [-0.4, -0.2) is 4.92 Å². The number of hydrogen-bond donors (Lipinski definition) is 1. The zero-order valence-electron chi connectivity index (χ0n) is 11.5. The summed E-state index contributed by atoms with van der Waals surface area (Å²) >= 11 is 0. The Hall–Kier alpha value is -2.47. The van der Waals surface area contributed by atoms with Crippen LogP contribution < -0.4 is 10.5 Å². The number of nitrogens with zero attached hydrogens (tertiary/aromatic N) is 1. The number of ether oxygens (including phenoxy) is 1. The highest BCUT2D eigenvalue weighted by Gasteiger charge is 2.10. The van der Waals surface area contributed by atoms with Crippen molar-refractivity contribution in [2.24, 2.45) is 5.73 Å². The van der Waals surface area contributed by atoms with Crippen LogP contribution in [0.2, 0.25) is 0 Å². The summed E-state index contributed by atoms with van der Waals surface area (Å²) < 4.78 is 18.8. The molecule has 2 aromatic rings. The first kappa shape index (κ1) is 14.9. The molecule has 0 radical (unpaired) electrons. The molecule has 21 heavy (non-hydrogen) atoms. The van der Waals surface area contributed by atoms with E-state index in [1.54, 1.807) is 12.1 Å². The summed E-state index contributed by atoms with van der Waals surface area (Å²) in [7, 11) is 0. The molecule has 5 nitrogen and oxygen atoms in total. The van der Waals surface area contributed by atoms with Gasteiger partial charge in [0.05, 0.1) is 11.0 Å². The fourth-order valence-corrected chi connectivity index (χ4v) is 1.86. The van der Waals surface area contributed by atoms with Crippen molar-refractivity contribution in [2.75, 3.05) is 0 Å². The van der Waals surface area contributed by atoms with E-state index in [4.69, 9.17) is 10.5 Å². The lowest BCUT2D eigenvalue weighted by atomic mass is 10.1. The molecule has 110 valence electrons. The second kappa shape index (κ2) is 6.32. The molecular formula is C15H15FN2O3. The third-order valence-corrected chi connectivity index (χ3v) is 2.96. The third kappa shape index (κ3) is 4.00. The largest absolute Gasteiger partial charge is 0.489 e. The minimum atomic E-state index is -0.657. The summed E-state index contributed by atoms with van der Waals surface area (Å²) in [6.45, 7) is 1.93. The minimum absolute atomic E-state index is 0.0517. The summed E-state index contributed by atoms with van der Waals surface area (Å²) in [6, 6.07) is 10.5. The van der Waals surface area contributed by atoms with Gasteiger partial charge in [-0.2, -0.15) is 0 Å². The molecule has 0 spiro atoms. The lowest BCUT2D eigenvalue weighted by Gasteiger charge is -2.09. The third-order valence-electron chi connectivity index (χ3n) is 2.96. The fraction of sp³-hybridized carbons (Fsp3) is 0.200. The molecular weight excluding hydrogens is 275 g/mol. The Morgan fingerprint density at radius 2 is 1.95 bits per heavy atom. The highest BCUT2D eigenvalue weighted by molar-refractivity contribution is 5.35. The monoisotopic (exact) mass is 290 g/mol. The molecule has 2 aromatic carbocycles. The molecule has 0 aromatic heterocycles. The van der Waals surface area contributed by atoms with Crippen LogP contribution in [0.3, 0.4) is 0 Å². The van der Waals surface area contributed by atoms with Crippen LogP contribution in [0, 0.1) is 15.9 Å².